The number of hydrogen-bond acceptors (Lipinski definition) is 4. The number of piperidine rings is 1. The van der Waals surface area contributed by atoms with Gasteiger partial charge in [0.25, 0.3) is 0 Å². The minimum atomic E-state index is -5.02. The van der Waals surface area contributed by atoms with E-state index in [2.05, 4.69) is 15.4 Å². The number of aliphatic hydroxyl groups is 1. The first kappa shape index (κ1) is 18.8. The number of alkyl halides is 3. The summed E-state index contributed by atoms with van der Waals surface area (Å²) in [7, 11) is 0. The van der Waals surface area contributed by atoms with Crippen LogP contribution in [-0.2, 0) is 4.79 Å². The number of hydrogen-bond donors (Lipinski definition) is 3. The molecule has 0 bridgehead atoms. The van der Waals surface area contributed by atoms with E-state index in [0.717, 1.165) is 24.6 Å². The number of rotatable bonds is 4. The van der Waals surface area contributed by atoms with Crippen molar-refractivity contribution >= 4 is 24.0 Å². The molecule has 0 radical (unpaired) electrons. The summed E-state index contributed by atoms with van der Waals surface area (Å²) in [6, 6.07) is 2.55. The lowest BCUT2D eigenvalue weighted by molar-refractivity contribution is -0.275. The van der Waals surface area contributed by atoms with Gasteiger partial charge in [-0.3, -0.25) is 4.79 Å². The van der Waals surface area contributed by atoms with Crippen molar-refractivity contribution < 1.29 is 32.2 Å². The summed E-state index contributed by atoms with van der Waals surface area (Å²) >= 11 is 0. The predicted octanol–water partition coefficient (Wildman–Crippen LogP) is 2.20. The van der Waals surface area contributed by atoms with Gasteiger partial charge in [0.2, 0.25) is 5.91 Å². The standard InChI is InChI=1S/C14H14F4N2O3.ClH/c15-11-7(2-1-3-9(11)23-14(16,17)18)20-12(22)8-4-13(6-21)5-10(13)19-8;/h1-3,8,10,19,21H,4-6H2,(H,20,22);1H/t8-,10+,13-;/m0./s1. The van der Waals surface area contributed by atoms with Gasteiger partial charge in [0.05, 0.1) is 18.3 Å². The Morgan fingerprint density at radius 3 is 2.71 bits per heavy atom. The van der Waals surface area contributed by atoms with E-state index in [1.807, 2.05) is 0 Å². The average Bonchev–Trinajstić information content (AvgIpc) is 3.03. The fourth-order valence-electron chi connectivity index (χ4n) is 2.96. The Morgan fingerprint density at radius 1 is 1.42 bits per heavy atom. The second-order valence-electron chi connectivity index (χ2n) is 5.86. The van der Waals surface area contributed by atoms with Crippen molar-refractivity contribution in [2.75, 3.05) is 11.9 Å². The molecule has 134 valence electrons. The van der Waals surface area contributed by atoms with Crippen LogP contribution in [0.2, 0.25) is 0 Å². The predicted molar refractivity (Wildman–Crippen MR) is 78.4 cm³/mol. The van der Waals surface area contributed by atoms with E-state index in [9.17, 15) is 27.5 Å². The molecule has 10 heteroatoms. The molecule has 5 nitrogen and oxygen atoms in total. The maximum Gasteiger partial charge on any atom is 0.573 e. The van der Waals surface area contributed by atoms with Crippen LogP contribution in [0.25, 0.3) is 0 Å². The molecule has 0 unspecified atom stereocenters. The van der Waals surface area contributed by atoms with Gasteiger partial charge in [0, 0.05) is 11.5 Å². The maximum absolute atomic E-state index is 14.0. The van der Waals surface area contributed by atoms with Gasteiger partial charge >= 0.3 is 6.36 Å². The molecule has 1 aliphatic heterocycles. The highest BCUT2D eigenvalue weighted by Gasteiger charge is 2.61. The fraction of sp³-hybridized carbons (Fsp3) is 0.500. The van der Waals surface area contributed by atoms with E-state index in [-0.39, 0.29) is 30.5 Å². The van der Waals surface area contributed by atoms with E-state index < -0.39 is 35.6 Å². The van der Waals surface area contributed by atoms with Crippen LogP contribution >= 0.6 is 12.4 Å². The molecule has 1 amide bonds. The highest BCUT2D eigenvalue weighted by atomic mass is 35.5. The first-order valence-electron chi connectivity index (χ1n) is 6.96. The van der Waals surface area contributed by atoms with Gasteiger partial charge in [0.15, 0.2) is 11.6 Å². The molecule has 1 aromatic rings. The van der Waals surface area contributed by atoms with Gasteiger partial charge in [-0.05, 0) is 25.0 Å². The number of amides is 1. The van der Waals surface area contributed by atoms with Crippen LogP contribution in [-0.4, -0.2) is 36.1 Å². The summed E-state index contributed by atoms with van der Waals surface area (Å²) in [6.07, 6.45) is -3.85. The minimum Gasteiger partial charge on any atom is -0.403 e. The SMILES string of the molecule is Cl.O=C(Nc1cccc(OC(F)(F)F)c1F)[C@@H]1C[C@@]2(CO)C[C@H]2N1. The Hall–Kier alpha value is -1.58. The lowest BCUT2D eigenvalue weighted by Crippen LogP contribution is -2.38. The Balaban J connectivity index is 0.00000208. The third kappa shape index (κ3) is 3.57. The zero-order valence-corrected chi connectivity index (χ0v) is 13.0. The highest BCUT2D eigenvalue weighted by molar-refractivity contribution is 5.95. The van der Waals surface area contributed by atoms with Crippen molar-refractivity contribution in [3.05, 3.63) is 24.0 Å². The summed E-state index contributed by atoms with van der Waals surface area (Å²) in [5.41, 5.74) is -0.695. The molecule has 24 heavy (non-hydrogen) atoms. The van der Waals surface area contributed by atoms with Crippen molar-refractivity contribution in [1.82, 2.24) is 5.32 Å². The molecule has 3 N–H and O–H groups in total. The zero-order chi connectivity index (χ0) is 16.8. The second-order valence-corrected chi connectivity index (χ2v) is 5.86. The number of carbonyl (C=O) groups is 1. The lowest BCUT2D eigenvalue weighted by atomic mass is 10.0. The summed E-state index contributed by atoms with van der Waals surface area (Å²) in [4.78, 5) is 12.1. The van der Waals surface area contributed by atoms with Crippen LogP contribution in [0.4, 0.5) is 23.2 Å². The van der Waals surface area contributed by atoms with Crippen LogP contribution in [0.5, 0.6) is 5.75 Å². The number of carbonyl (C=O) groups excluding carboxylic acids is 1. The molecular formula is C14H15ClF4N2O3. The van der Waals surface area contributed by atoms with E-state index in [1.54, 1.807) is 0 Å². The molecule has 1 heterocycles. The Morgan fingerprint density at radius 2 is 2.12 bits per heavy atom. The third-order valence-corrected chi connectivity index (χ3v) is 4.28. The quantitative estimate of drug-likeness (QED) is 0.711. The summed E-state index contributed by atoms with van der Waals surface area (Å²) in [6.45, 7) is -0.0439. The lowest BCUT2D eigenvalue weighted by Gasteiger charge is -2.16. The minimum absolute atomic E-state index is 0. The Kier molecular flexibility index (Phi) is 4.98. The van der Waals surface area contributed by atoms with Crippen molar-refractivity contribution in [2.45, 2.75) is 31.3 Å². The van der Waals surface area contributed by atoms with Gasteiger partial charge in [-0.25, -0.2) is 4.39 Å². The molecule has 2 aliphatic rings. The Labute approximate surface area is 140 Å². The molecule has 2 fully saturated rings. The van der Waals surface area contributed by atoms with Crippen molar-refractivity contribution in [3.8, 4) is 5.75 Å². The second kappa shape index (κ2) is 6.38. The van der Waals surface area contributed by atoms with E-state index >= 15 is 0 Å². The van der Waals surface area contributed by atoms with E-state index in [1.165, 1.54) is 0 Å². The smallest absolute Gasteiger partial charge is 0.403 e. The van der Waals surface area contributed by atoms with Crippen molar-refractivity contribution in [2.24, 2.45) is 5.41 Å². The number of nitrogens with one attached hydrogen (secondary N) is 2. The van der Waals surface area contributed by atoms with Crippen LogP contribution < -0.4 is 15.4 Å². The van der Waals surface area contributed by atoms with Crippen LogP contribution in [0.3, 0.4) is 0 Å². The number of aliphatic hydroxyl groups excluding tert-OH is 1. The molecule has 3 atom stereocenters. The van der Waals surface area contributed by atoms with Crippen LogP contribution in [0, 0.1) is 11.2 Å². The molecule has 1 aromatic carbocycles. The average molecular weight is 371 g/mol. The zero-order valence-electron chi connectivity index (χ0n) is 12.2. The number of fused-ring (bicyclic) bond motifs is 1. The molecule has 3 rings (SSSR count). The normalized spacial score (nSPS) is 27.9. The molecule has 1 aliphatic carbocycles. The van der Waals surface area contributed by atoms with E-state index in [4.69, 9.17) is 0 Å². The van der Waals surface area contributed by atoms with Gasteiger partial charge in [-0.1, -0.05) is 6.07 Å². The molecule has 1 saturated carbocycles. The first-order chi connectivity index (χ1) is 10.7. The third-order valence-electron chi connectivity index (χ3n) is 4.28. The van der Waals surface area contributed by atoms with Crippen LogP contribution in [0.1, 0.15) is 12.8 Å². The molecule has 0 spiro atoms. The van der Waals surface area contributed by atoms with Gasteiger partial charge < -0.3 is 20.5 Å². The monoisotopic (exact) mass is 370 g/mol. The Bertz CT molecular complexity index is 639. The van der Waals surface area contributed by atoms with Crippen LogP contribution in [0.15, 0.2) is 18.2 Å². The maximum atomic E-state index is 14.0. The number of halogens is 5. The topological polar surface area (TPSA) is 70.6 Å². The van der Waals surface area contributed by atoms with Crippen molar-refractivity contribution in [3.63, 3.8) is 0 Å². The van der Waals surface area contributed by atoms with Gasteiger partial charge in [-0.2, -0.15) is 0 Å². The first-order valence-corrected chi connectivity index (χ1v) is 6.96. The summed E-state index contributed by atoms with van der Waals surface area (Å²) < 4.78 is 54.1. The van der Waals surface area contributed by atoms with E-state index in [0.29, 0.717) is 6.42 Å². The molecule has 1 saturated heterocycles. The number of anilines is 1. The van der Waals surface area contributed by atoms with Crippen molar-refractivity contribution in [1.29, 1.82) is 0 Å². The molecule has 0 aromatic heterocycles. The van der Waals surface area contributed by atoms with Gasteiger partial charge in [-0.15, -0.1) is 25.6 Å². The largest absolute Gasteiger partial charge is 0.573 e. The summed E-state index contributed by atoms with van der Waals surface area (Å²) in [5, 5.41) is 14.6. The summed E-state index contributed by atoms with van der Waals surface area (Å²) in [5.74, 6) is -2.87. The number of ether oxygens (including phenoxy) is 1. The molecular weight excluding hydrogens is 356 g/mol. The fourth-order valence-corrected chi connectivity index (χ4v) is 2.96. The van der Waals surface area contributed by atoms with Gasteiger partial charge in [0.1, 0.15) is 0 Å². The number of benzene rings is 1. The highest BCUT2D eigenvalue weighted by Crippen LogP contribution is 2.54.